The molecule has 10 nitrogen and oxygen atoms in total. The Labute approximate surface area is 173 Å². The van der Waals surface area contributed by atoms with E-state index in [0.717, 1.165) is 6.07 Å². The fourth-order valence-corrected chi connectivity index (χ4v) is 3.29. The molecule has 1 aromatic carbocycles. The molecular formula is C18H17ClFN5O5. The van der Waals surface area contributed by atoms with Crippen LogP contribution >= 0.6 is 11.6 Å². The second-order valence-corrected chi connectivity index (χ2v) is 7.03. The third-order valence-electron chi connectivity index (χ3n) is 4.60. The van der Waals surface area contributed by atoms with Crippen molar-refractivity contribution in [3.63, 3.8) is 0 Å². The number of benzene rings is 1. The Kier molecular flexibility index (Phi) is 5.54. The van der Waals surface area contributed by atoms with E-state index < -0.39 is 42.9 Å². The number of carbonyl (C=O) groups excluding carboxylic acids is 1. The number of carbonyl (C=O) groups is 1. The zero-order valence-corrected chi connectivity index (χ0v) is 16.0. The van der Waals surface area contributed by atoms with Crippen LogP contribution in [0.2, 0.25) is 5.02 Å². The highest BCUT2D eigenvalue weighted by molar-refractivity contribution is 6.31. The van der Waals surface area contributed by atoms with Gasteiger partial charge in [-0.15, -0.1) is 5.10 Å². The summed E-state index contributed by atoms with van der Waals surface area (Å²) in [5, 5.41) is 38.5. The van der Waals surface area contributed by atoms with E-state index in [1.165, 1.54) is 16.6 Å². The first-order chi connectivity index (χ1) is 14.4. The molecule has 3 aromatic rings. The molecule has 0 saturated carbocycles. The number of anilines is 2. The molecule has 3 heterocycles. The normalized spacial score (nSPS) is 23.6. The highest BCUT2D eigenvalue weighted by Crippen LogP contribution is 2.32. The topological polar surface area (TPSA) is 141 Å². The van der Waals surface area contributed by atoms with Crippen LogP contribution in [-0.2, 0) is 4.74 Å². The van der Waals surface area contributed by atoms with Gasteiger partial charge >= 0.3 is 6.03 Å². The molecule has 0 unspecified atom stereocenters. The van der Waals surface area contributed by atoms with Gasteiger partial charge in [-0.25, -0.2) is 18.7 Å². The van der Waals surface area contributed by atoms with Crippen LogP contribution in [0.5, 0.6) is 0 Å². The number of aromatic nitrogens is 3. The lowest BCUT2D eigenvalue weighted by Crippen LogP contribution is -2.32. The summed E-state index contributed by atoms with van der Waals surface area (Å²) in [5.41, 5.74) is 0.853. The van der Waals surface area contributed by atoms with Gasteiger partial charge in [0.05, 0.1) is 17.3 Å². The van der Waals surface area contributed by atoms with E-state index in [1.807, 2.05) is 0 Å². The molecule has 1 aliphatic heterocycles. The van der Waals surface area contributed by atoms with E-state index in [-0.39, 0.29) is 16.5 Å². The van der Waals surface area contributed by atoms with Gasteiger partial charge in [0.15, 0.2) is 11.5 Å². The van der Waals surface area contributed by atoms with E-state index in [4.69, 9.17) is 16.3 Å². The monoisotopic (exact) mass is 437 g/mol. The number of fused-ring (bicyclic) bond motifs is 1. The van der Waals surface area contributed by atoms with Crippen LogP contribution in [-0.4, -0.2) is 60.9 Å². The van der Waals surface area contributed by atoms with Crippen LogP contribution < -0.4 is 10.6 Å². The van der Waals surface area contributed by atoms with Crippen LogP contribution in [0, 0.1) is 5.82 Å². The number of nitrogens with zero attached hydrogens (tertiary/aromatic N) is 3. The molecule has 12 heteroatoms. The second kappa shape index (κ2) is 8.13. The summed E-state index contributed by atoms with van der Waals surface area (Å²) in [6.07, 6.45) is -3.02. The first kappa shape index (κ1) is 20.4. The van der Waals surface area contributed by atoms with Gasteiger partial charge in [0.1, 0.15) is 30.2 Å². The summed E-state index contributed by atoms with van der Waals surface area (Å²) < 4.78 is 20.1. The van der Waals surface area contributed by atoms with Crippen molar-refractivity contribution in [2.45, 2.75) is 24.4 Å². The zero-order chi connectivity index (χ0) is 21.4. The summed E-state index contributed by atoms with van der Waals surface area (Å²) in [7, 11) is 0. The average Bonchev–Trinajstić information content (AvgIpc) is 3.27. The number of pyridine rings is 1. The Morgan fingerprint density at radius 3 is 2.77 bits per heavy atom. The molecule has 0 bridgehead atoms. The SMILES string of the molecule is O=C(Nc1ccc(F)c(Cl)c1)Nc1cccn2nc([C@@H]3O[C@H](CO)[C@@H](O)[C@H]3O)nc12. The summed E-state index contributed by atoms with van der Waals surface area (Å²) in [6, 6.07) is 6.34. The Balaban J connectivity index is 1.55. The van der Waals surface area contributed by atoms with Crippen LogP contribution in [0.4, 0.5) is 20.6 Å². The van der Waals surface area contributed by atoms with Crippen molar-refractivity contribution in [3.8, 4) is 0 Å². The first-order valence-corrected chi connectivity index (χ1v) is 9.26. The summed E-state index contributed by atoms with van der Waals surface area (Å²) in [5.74, 6) is -0.522. The number of amides is 2. The molecule has 30 heavy (non-hydrogen) atoms. The van der Waals surface area contributed by atoms with Crippen molar-refractivity contribution in [2.24, 2.45) is 0 Å². The molecule has 2 aromatic heterocycles. The molecule has 1 saturated heterocycles. The maximum atomic E-state index is 13.3. The van der Waals surface area contributed by atoms with Crippen molar-refractivity contribution in [1.29, 1.82) is 0 Å². The van der Waals surface area contributed by atoms with E-state index >= 15 is 0 Å². The third-order valence-corrected chi connectivity index (χ3v) is 4.89. The number of urea groups is 1. The summed E-state index contributed by atoms with van der Waals surface area (Å²) in [4.78, 5) is 16.6. The molecular weight excluding hydrogens is 421 g/mol. The van der Waals surface area contributed by atoms with Crippen LogP contribution in [0.3, 0.4) is 0 Å². The highest BCUT2D eigenvalue weighted by atomic mass is 35.5. The predicted octanol–water partition coefficient (Wildman–Crippen LogP) is 1.32. The number of aliphatic hydroxyl groups excluding tert-OH is 3. The van der Waals surface area contributed by atoms with Gasteiger partial charge in [0.25, 0.3) is 0 Å². The molecule has 158 valence electrons. The molecule has 4 rings (SSSR count). The van der Waals surface area contributed by atoms with Crippen molar-refractivity contribution in [1.82, 2.24) is 14.6 Å². The summed E-state index contributed by atoms with van der Waals surface area (Å²) >= 11 is 5.71. The Morgan fingerprint density at radius 2 is 2.07 bits per heavy atom. The molecule has 2 amide bonds. The minimum Gasteiger partial charge on any atom is -0.394 e. The van der Waals surface area contributed by atoms with E-state index in [2.05, 4.69) is 20.7 Å². The molecule has 0 spiro atoms. The molecule has 5 N–H and O–H groups in total. The number of rotatable bonds is 4. The van der Waals surface area contributed by atoms with Crippen molar-refractivity contribution >= 4 is 34.7 Å². The fraction of sp³-hybridized carbons (Fsp3) is 0.278. The van der Waals surface area contributed by atoms with Crippen LogP contribution in [0.25, 0.3) is 5.65 Å². The zero-order valence-electron chi connectivity index (χ0n) is 15.2. The number of hydrogen-bond donors (Lipinski definition) is 5. The molecule has 1 fully saturated rings. The second-order valence-electron chi connectivity index (χ2n) is 6.63. The van der Waals surface area contributed by atoms with Crippen LogP contribution in [0.1, 0.15) is 11.9 Å². The largest absolute Gasteiger partial charge is 0.394 e. The molecule has 0 radical (unpaired) electrons. The summed E-state index contributed by atoms with van der Waals surface area (Å²) in [6.45, 7) is -0.470. The van der Waals surface area contributed by atoms with E-state index in [0.29, 0.717) is 11.4 Å². The fourth-order valence-electron chi connectivity index (χ4n) is 3.11. The Bertz CT molecular complexity index is 1100. The number of aliphatic hydroxyl groups is 3. The van der Waals surface area contributed by atoms with Crippen molar-refractivity contribution in [3.05, 3.63) is 53.2 Å². The van der Waals surface area contributed by atoms with Gasteiger partial charge in [-0.05, 0) is 30.3 Å². The number of halogens is 2. The maximum absolute atomic E-state index is 13.3. The lowest BCUT2D eigenvalue weighted by Gasteiger charge is -2.10. The number of ether oxygens (including phenoxy) is 1. The lowest BCUT2D eigenvalue weighted by atomic mass is 10.1. The van der Waals surface area contributed by atoms with Crippen molar-refractivity contribution in [2.75, 3.05) is 17.2 Å². The minimum absolute atomic E-state index is 0.0810. The van der Waals surface area contributed by atoms with Gasteiger partial charge in [-0.3, -0.25) is 0 Å². The van der Waals surface area contributed by atoms with Gasteiger partial charge < -0.3 is 30.7 Å². The van der Waals surface area contributed by atoms with Gasteiger partial charge in [0.2, 0.25) is 0 Å². The number of hydrogen-bond acceptors (Lipinski definition) is 7. The van der Waals surface area contributed by atoms with Gasteiger partial charge in [-0.1, -0.05) is 11.6 Å². The van der Waals surface area contributed by atoms with Crippen LogP contribution in [0.15, 0.2) is 36.5 Å². The molecule has 4 atom stereocenters. The van der Waals surface area contributed by atoms with Gasteiger partial charge in [-0.2, -0.15) is 0 Å². The first-order valence-electron chi connectivity index (χ1n) is 8.88. The van der Waals surface area contributed by atoms with Crippen molar-refractivity contribution < 1.29 is 29.2 Å². The lowest BCUT2D eigenvalue weighted by molar-refractivity contribution is -0.0252. The molecule has 1 aliphatic rings. The molecule has 0 aliphatic carbocycles. The van der Waals surface area contributed by atoms with Gasteiger partial charge in [0, 0.05) is 11.9 Å². The standard InChI is InChI=1S/C18H17ClFN5O5/c19-9-6-8(3-4-10(9)20)21-18(29)22-11-2-1-5-25-17(11)23-16(24-25)15-14(28)13(27)12(7-26)30-15/h1-6,12-15,26-28H,7H2,(H2,21,22,29)/t12-,13-,14-,15-/m1/s1. The average molecular weight is 438 g/mol. The maximum Gasteiger partial charge on any atom is 0.323 e. The Morgan fingerprint density at radius 1 is 1.27 bits per heavy atom. The highest BCUT2D eigenvalue weighted by Gasteiger charge is 2.45. The van der Waals surface area contributed by atoms with E-state index in [9.17, 15) is 24.5 Å². The smallest absolute Gasteiger partial charge is 0.323 e. The van der Waals surface area contributed by atoms with E-state index in [1.54, 1.807) is 18.3 Å². The minimum atomic E-state index is -1.32. The Hall–Kier alpha value is -2.83. The quantitative estimate of drug-likeness (QED) is 0.414. The third kappa shape index (κ3) is 3.80. The predicted molar refractivity (Wildman–Crippen MR) is 104 cm³/mol. The number of nitrogens with one attached hydrogen (secondary N) is 2.